The van der Waals surface area contributed by atoms with E-state index in [1.54, 1.807) is 12.1 Å². The lowest BCUT2D eigenvalue weighted by atomic mass is 10.2. The molecule has 0 aliphatic heterocycles. The zero-order valence-corrected chi connectivity index (χ0v) is 9.17. The number of ether oxygens (including phenoxy) is 1. The van der Waals surface area contributed by atoms with E-state index in [9.17, 15) is 9.90 Å². The molecule has 1 amide bonds. The molecule has 1 aromatic carbocycles. The van der Waals surface area contributed by atoms with Gasteiger partial charge in [-0.25, -0.2) is 0 Å². The molecule has 4 nitrogen and oxygen atoms in total. The van der Waals surface area contributed by atoms with Crippen LogP contribution in [0.15, 0.2) is 18.2 Å². The average molecular weight is 260 g/mol. The van der Waals surface area contributed by atoms with Crippen molar-refractivity contribution in [3.63, 3.8) is 0 Å². The van der Waals surface area contributed by atoms with E-state index in [0.29, 0.717) is 11.4 Å². The number of nitrogens with one attached hydrogen (secondary N) is 1. The molecule has 0 saturated heterocycles. The smallest absolute Gasteiger partial charge is 0.235 e. The number of halogens is 1. The van der Waals surface area contributed by atoms with Gasteiger partial charge < -0.3 is 15.2 Å². The van der Waals surface area contributed by atoms with Gasteiger partial charge in [-0.2, -0.15) is 0 Å². The zero-order valence-electron chi connectivity index (χ0n) is 7.58. The summed E-state index contributed by atoms with van der Waals surface area (Å²) in [5, 5.41) is 12.1. The molecule has 0 aliphatic carbocycles. The molecule has 0 aliphatic rings. The van der Waals surface area contributed by atoms with E-state index < -0.39 is 0 Å². The normalized spacial score (nSPS) is 9.57. The van der Waals surface area contributed by atoms with E-state index in [4.69, 9.17) is 4.74 Å². The monoisotopic (exact) mass is 259 g/mol. The van der Waals surface area contributed by atoms with Crippen LogP contribution in [-0.4, -0.2) is 23.5 Å². The first-order valence-electron chi connectivity index (χ1n) is 3.90. The lowest BCUT2D eigenvalue weighted by molar-refractivity contribution is -0.113. The van der Waals surface area contributed by atoms with Crippen LogP contribution in [0, 0.1) is 0 Å². The molecule has 0 fully saturated rings. The minimum atomic E-state index is -0.228. The fourth-order valence-corrected chi connectivity index (χ4v) is 1.07. The third-order valence-electron chi connectivity index (χ3n) is 1.60. The summed E-state index contributed by atoms with van der Waals surface area (Å²) in [6, 6.07) is 4.62. The maximum Gasteiger partial charge on any atom is 0.235 e. The van der Waals surface area contributed by atoms with E-state index in [1.807, 2.05) is 0 Å². The minimum Gasteiger partial charge on any atom is -0.506 e. The molecule has 0 saturated carbocycles. The summed E-state index contributed by atoms with van der Waals surface area (Å²) in [5.74, 6) is 0.362. The molecule has 0 atom stereocenters. The first kappa shape index (κ1) is 10.8. The first-order chi connectivity index (χ1) is 6.67. The van der Waals surface area contributed by atoms with Crippen LogP contribution in [0.2, 0.25) is 0 Å². The largest absolute Gasteiger partial charge is 0.506 e. The minimum absolute atomic E-state index is 0.0140. The van der Waals surface area contributed by atoms with Crippen molar-refractivity contribution in [3.8, 4) is 11.5 Å². The lowest BCUT2D eigenvalue weighted by Gasteiger charge is -2.07. The molecule has 0 aromatic heterocycles. The topological polar surface area (TPSA) is 58.6 Å². The quantitative estimate of drug-likeness (QED) is 0.642. The van der Waals surface area contributed by atoms with Gasteiger partial charge in [-0.15, -0.1) is 0 Å². The lowest BCUT2D eigenvalue weighted by Crippen LogP contribution is -2.12. The summed E-state index contributed by atoms with van der Waals surface area (Å²) >= 11 is 3.01. The standard InChI is InChI=1S/C9H10BrNO3/c1-14-6-2-3-8(12)7(4-6)11-9(13)5-10/h2-4,12H,5H2,1H3,(H,11,13). The molecule has 1 rings (SSSR count). The van der Waals surface area contributed by atoms with E-state index in [1.165, 1.54) is 13.2 Å². The summed E-state index contributed by atoms with van der Waals surface area (Å²) < 4.78 is 4.95. The van der Waals surface area contributed by atoms with Crippen LogP contribution >= 0.6 is 15.9 Å². The maximum absolute atomic E-state index is 11.0. The highest BCUT2D eigenvalue weighted by atomic mass is 79.9. The van der Waals surface area contributed by atoms with Crippen LogP contribution in [0.25, 0.3) is 0 Å². The van der Waals surface area contributed by atoms with Crippen molar-refractivity contribution in [2.45, 2.75) is 0 Å². The number of hydrogen-bond acceptors (Lipinski definition) is 3. The van der Waals surface area contributed by atoms with Crippen LogP contribution in [0.1, 0.15) is 0 Å². The highest BCUT2D eigenvalue weighted by Crippen LogP contribution is 2.27. The summed E-state index contributed by atoms with van der Waals surface area (Å²) in [7, 11) is 1.52. The molecule has 0 heterocycles. The van der Waals surface area contributed by atoms with Crippen molar-refractivity contribution in [1.29, 1.82) is 0 Å². The van der Waals surface area contributed by atoms with Gasteiger partial charge in [-0.05, 0) is 12.1 Å². The molecule has 1 aromatic rings. The van der Waals surface area contributed by atoms with Gasteiger partial charge in [0.1, 0.15) is 11.5 Å². The van der Waals surface area contributed by atoms with Gasteiger partial charge in [0.2, 0.25) is 5.91 Å². The molecule has 5 heteroatoms. The Morgan fingerprint density at radius 3 is 2.93 bits per heavy atom. The molecular weight excluding hydrogens is 250 g/mol. The van der Waals surface area contributed by atoms with Crippen molar-refractivity contribution in [2.75, 3.05) is 17.8 Å². The number of aromatic hydroxyl groups is 1. The van der Waals surface area contributed by atoms with Gasteiger partial charge in [0.25, 0.3) is 0 Å². The van der Waals surface area contributed by atoms with Crippen LogP contribution in [0.4, 0.5) is 5.69 Å². The Kier molecular flexibility index (Phi) is 3.76. The number of carbonyl (C=O) groups excluding carboxylic acids is 1. The van der Waals surface area contributed by atoms with E-state index in [0.717, 1.165) is 0 Å². The summed E-state index contributed by atoms with van der Waals surface area (Å²) in [6.45, 7) is 0. The highest BCUT2D eigenvalue weighted by Gasteiger charge is 2.06. The fourth-order valence-electron chi connectivity index (χ4n) is 0.926. The second-order valence-electron chi connectivity index (χ2n) is 2.56. The van der Waals surface area contributed by atoms with Crippen molar-refractivity contribution in [2.24, 2.45) is 0 Å². The van der Waals surface area contributed by atoms with Crippen molar-refractivity contribution in [1.82, 2.24) is 0 Å². The molecule has 2 N–H and O–H groups in total. The Morgan fingerprint density at radius 1 is 1.64 bits per heavy atom. The van der Waals surface area contributed by atoms with Gasteiger partial charge in [0.15, 0.2) is 0 Å². The summed E-state index contributed by atoms with van der Waals surface area (Å²) in [4.78, 5) is 11.0. The predicted molar refractivity (Wildman–Crippen MR) is 57.1 cm³/mol. The number of phenolic OH excluding ortho intramolecular Hbond substituents is 1. The Morgan fingerprint density at radius 2 is 2.36 bits per heavy atom. The number of hydrogen-bond donors (Lipinski definition) is 2. The molecule has 0 spiro atoms. The first-order valence-corrected chi connectivity index (χ1v) is 5.02. The van der Waals surface area contributed by atoms with Gasteiger partial charge >= 0.3 is 0 Å². The number of methoxy groups -OCH3 is 1. The Labute approximate surface area is 90.0 Å². The van der Waals surface area contributed by atoms with Crippen molar-refractivity contribution >= 4 is 27.5 Å². The molecule has 0 radical (unpaired) electrons. The molecule has 0 bridgehead atoms. The number of benzene rings is 1. The van der Waals surface area contributed by atoms with Crippen LogP contribution in [-0.2, 0) is 4.79 Å². The van der Waals surface area contributed by atoms with Gasteiger partial charge in [-0.1, -0.05) is 15.9 Å². The Bertz CT molecular complexity index is 341. The number of phenols is 1. The molecular formula is C9H10BrNO3. The van der Waals surface area contributed by atoms with Crippen molar-refractivity contribution < 1.29 is 14.6 Å². The van der Waals surface area contributed by atoms with Crippen LogP contribution in [0.5, 0.6) is 11.5 Å². The Balaban J connectivity index is 2.89. The molecule has 76 valence electrons. The summed E-state index contributed by atoms with van der Waals surface area (Å²) in [6.07, 6.45) is 0. The highest BCUT2D eigenvalue weighted by molar-refractivity contribution is 9.09. The fraction of sp³-hybridized carbons (Fsp3) is 0.222. The molecule has 14 heavy (non-hydrogen) atoms. The van der Waals surface area contributed by atoms with Crippen LogP contribution in [0.3, 0.4) is 0 Å². The number of anilines is 1. The Hall–Kier alpha value is -1.23. The van der Waals surface area contributed by atoms with Gasteiger partial charge in [-0.3, -0.25) is 4.79 Å². The van der Waals surface area contributed by atoms with Gasteiger partial charge in [0, 0.05) is 6.07 Å². The SMILES string of the molecule is COc1ccc(O)c(NC(=O)CBr)c1. The number of rotatable bonds is 3. The molecule has 0 unspecified atom stereocenters. The van der Waals surface area contributed by atoms with E-state index >= 15 is 0 Å². The third kappa shape index (κ3) is 2.63. The van der Waals surface area contributed by atoms with E-state index in [-0.39, 0.29) is 17.0 Å². The second kappa shape index (κ2) is 4.85. The maximum atomic E-state index is 11.0. The third-order valence-corrected chi connectivity index (χ3v) is 2.11. The zero-order chi connectivity index (χ0) is 10.6. The summed E-state index contributed by atoms with van der Waals surface area (Å²) in [5.41, 5.74) is 0.341. The average Bonchev–Trinajstić information content (AvgIpc) is 2.21. The predicted octanol–water partition coefficient (Wildman–Crippen LogP) is 1.73. The number of carbonyl (C=O) groups is 1. The second-order valence-corrected chi connectivity index (χ2v) is 3.13. The van der Waals surface area contributed by atoms with Gasteiger partial charge in [0.05, 0.1) is 18.1 Å². The van der Waals surface area contributed by atoms with Crippen molar-refractivity contribution in [3.05, 3.63) is 18.2 Å². The number of amides is 1. The number of alkyl halides is 1. The van der Waals surface area contributed by atoms with E-state index in [2.05, 4.69) is 21.2 Å². The van der Waals surface area contributed by atoms with Crippen LogP contribution < -0.4 is 10.1 Å².